The summed E-state index contributed by atoms with van der Waals surface area (Å²) < 4.78 is 38.6. The number of hydrogen-bond acceptors (Lipinski definition) is 3. The predicted molar refractivity (Wildman–Crippen MR) is 117 cm³/mol. The first-order valence-corrected chi connectivity index (χ1v) is 10.4. The Kier molecular flexibility index (Phi) is 5.69. The van der Waals surface area contributed by atoms with Crippen LogP contribution in [-0.4, -0.2) is 27.4 Å². The van der Waals surface area contributed by atoms with Crippen molar-refractivity contribution < 1.29 is 22.8 Å². The lowest BCUT2D eigenvalue weighted by molar-refractivity contribution is -0.141. The van der Waals surface area contributed by atoms with Gasteiger partial charge in [0.05, 0.1) is 11.9 Å². The Hall–Kier alpha value is -3.68. The van der Waals surface area contributed by atoms with E-state index in [1.54, 1.807) is 13.8 Å². The fourth-order valence-electron chi connectivity index (χ4n) is 3.89. The van der Waals surface area contributed by atoms with Crippen molar-refractivity contribution in [2.24, 2.45) is 0 Å². The molecular weight excluding hydrogens is 431 g/mol. The van der Waals surface area contributed by atoms with E-state index < -0.39 is 29.3 Å². The second kappa shape index (κ2) is 8.35. The summed E-state index contributed by atoms with van der Waals surface area (Å²) in [4.78, 5) is 32.1. The van der Waals surface area contributed by atoms with E-state index in [0.717, 1.165) is 39.9 Å². The summed E-state index contributed by atoms with van der Waals surface area (Å²) in [6, 6.07) is 18.8. The molecule has 1 aromatic heterocycles. The minimum absolute atomic E-state index is 0.00569. The lowest BCUT2D eigenvalue weighted by atomic mass is 9.97. The standard InChI is InChI=1S/C25H22F3N3O2/c1-24(2)22(32)31(20-12-13-21(29-15-20)25(26,27)28)23(33)30(24)16-19-11-7-6-10-18(19)14-17-8-4-3-5-9-17/h3-13,15H,14,16H2,1-2H3. The van der Waals surface area contributed by atoms with Crippen molar-refractivity contribution >= 4 is 17.6 Å². The molecule has 2 aromatic carbocycles. The normalized spacial score (nSPS) is 15.9. The van der Waals surface area contributed by atoms with E-state index in [1.807, 2.05) is 54.6 Å². The van der Waals surface area contributed by atoms with Gasteiger partial charge in [-0.05, 0) is 49.1 Å². The van der Waals surface area contributed by atoms with Gasteiger partial charge in [-0.15, -0.1) is 0 Å². The fourth-order valence-corrected chi connectivity index (χ4v) is 3.89. The predicted octanol–water partition coefficient (Wildman–Crippen LogP) is 5.44. The Bertz CT molecular complexity index is 1180. The first kappa shape index (κ1) is 22.5. The Labute approximate surface area is 189 Å². The zero-order valence-corrected chi connectivity index (χ0v) is 18.1. The SMILES string of the molecule is CC1(C)C(=O)N(c2ccc(C(F)(F)F)nc2)C(=O)N1Cc1ccccc1Cc1ccccc1. The molecule has 0 atom stereocenters. The van der Waals surface area contributed by atoms with Crippen LogP contribution in [0.2, 0.25) is 0 Å². The van der Waals surface area contributed by atoms with Crippen molar-refractivity contribution in [3.8, 4) is 0 Å². The molecular formula is C25H22F3N3O2. The van der Waals surface area contributed by atoms with E-state index in [1.165, 1.54) is 4.90 Å². The molecule has 0 unspecified atom stereocenters. The summed E-state index contributed by atoms with van der Waals surface area (Å²) in [6.07, 6.45) is -3.03. The first-order chi connectivity index (χ1) is 15.6. The number of imide groups is 1. The minimum atomic E-state index is -4.61. The van der Waals surface area contributed by atoms with Crippen LogP contribution in [-0.2, 0) is 23.9 Å². The van der Waals surface area contributed by atoms with Gasteiger partial charge in [0, 0.05) is 6.54 Å². The number of aromatic nitrogens is 1. The number of carbonyl (C=O) groups excluding carboxylic acids is 2. The number of urea groups is 1. The lowest BCUT2D eigenvalue weighted by Gasteiger charge is -2.28. The van der Waals surface area contributed by atoms with Gasteiger partial charge in [-0.3, -0.25) is 4.79 Å². The van der Waals surface area contributed by atoms with E-state index in [2.05, 4.69) is 4.98 Å². The van der Waals surface area contributed by atoms with Crippen LogP contribution in [0, 0.1) is 0 Å². The molecule has 0 bridgehead atoms. The molecule has 8 heteroatoms. The number of benzene rings is 2. The van der Waals surface area contributed by atoms with Crippen LogP contribution in [0.15, 0.2) is 72.9 Å². The molecule has 170 valence electrons. The van der Waals surface area contributed by atoms with Crippen LogP contribution in [0.4, 0.5) is 23.7 Å². The number of alkyl halides is 3. The maximum Gasteiger partial charge on any atom is 0.433 e. The van der Waals surface area contributed by atoms with Gasteiger partial charge in [-0.1, -0.05) is 54.6 Å². The van der Waals surface area contributed by atoms with Crippen LogP contribution in [0.25, 0.3) is 0 Å². The monoisotopic (exact) mass is 453 g/mol. The molecule has 0 spiro atoms. The molecule has 33 heavy (non-hydrogen) atoms. The molecule has 0 saturated carbocycles. The third kappa shape index (κ3) is 4.33. The smallest absolute Gasteiger partial charge is 0.305 e. The van der Waals surface area contributed by atoms with Crippen LogP contribution < -0.4 is 4.90 Å². The third-order valence-electron chi connectivity index (χ3n) is 5.80. The number of rotatable bonds is 5. The highest BCUT2D eigenvalue weighted by Gasteiger charge is 2.52. The van der Waals surface area contributed by atoms with E-state index in [4.69, 9.17) is 0 Å². The van der Waals surface area contributed by atoms with Gasteiger partial charge >= 0.3 is 12.2 Å². The molecule has 3 aromatic rings. The Morgan fingerprint density at radius 3 is 2.12 bits per heavy atom. The van der Waals surface area contributed by atoms with Gasteiger partial charge in [-0.2, -0.15) is 13.2 Å². The van der Waals surface area contributed by atoms with Gasteiger partial charge in [0.25, 0.3) is 5.91 Å². The number of carbonyl (C=O) groups is 2. The average Bonchev–Trinajstić information content (AvgIpc) is 2.94. The number of pyridine rings is 1. The number of halogens is 3. The lowest BCUT2D eigenvalue weighted by Crippen LogP contribution is -2.43. The molecule has 0 radical (unpaired) electrons. The molecule has 1 aliphatic rings. The van der Waals surface area contributed by atoms with E-state index in [0.29, 0.717) is 6.42 Å². The summed E-state index contributed by atoms with van der Waals surface area (Å²) in [6.45, 7) is 3.44. The van der Waals surface area contributed by atoms with E-state index in [9.17, 15) is 22.8 Å². The Morgan fingerprint density at radius 1 is 0.879 bits per heavy atom. The van der Waals surface area contributed by atoms with Gasteiger partial charge in [0.2, 0.25) is 0 Å². The summed E-state index contributed by atoms with van der Waals surface area (Å²) in [5, 5.41) is 0. The van der Waals surface area contributed by atoms with Crippen LogP contribution >= 0.6 is 0 Å². The average molecular weight is 453 g/mol. The molecule has 4 rings (SSSR count). The van der Waals surface area contributed by atoms with Gasteiger partial charge in [-0.25, -0.2) is 14.7 Å². The van der Waals surface area contributed by atoms with Crippen LogP contribution in [0.5, 0.6) is 0 Å². The van der Waals surface area contributed by atoms with E-state index in [-0.39, 0.29) is 12.2 Å². The van der Waals surface area contributed by atoms with E-state index >= 15 is 0 Å². The molecule has 5 nitrogen and oxygen atoms in total. The summed E-state index contributed by atoms with van der Waals surface area (Å²) in [5.41, 5.74) is 0.768. The number of anilines is 1. The zero-order chi connectivity index (χ0) is 23.8. The topological polar surface area (TPSA) is 53.5 Å². The maximum atomic E-state index is 13.3. The maximum absolute atomic E-state index is 13.3. The summed E-state index contributed by atoms with van der Waals surface area (Å²) >= 11 is 0. The van der Waals surface area contributed by atoms with Crippen molar-refractivity contribution in [3.05, 3.63) is 95.3 Å². The molecule has 2 heterocycles. The number of hydrogen-bond donors (Lipinski definition) is 0. The van der Waals surface area contributed by atoms with Crippen molar-refractivity contribution in [2.45, 2.75) is 38.5 Å². The van der Waals surface area contributed by atoms with Crippen molar-refractivity contribution in [3.63, 3.8) is 0 Å². The number of amides is 3. The third-order valence-corrected chi connectivity index (χ3v) is 5.80. The molecule has 1 aliphatic heterocycles. The second-order valence-electron chi connectivity index (χ2n) is 8.40. The molecule has 3 amide bonds. The van der Waals surface area contributed by atoms with Crippen LogP contribution in [0.3, 0.4) is 0 Å². The largest absolute Gasteiger partial charge is 0.433 e. The second-order valence-corrected chi connectivity index (χ2v) is 8.40. The minimum Gasteiger partial charge on any atom is -0.305 e. The highest BCUT2D eigenvalue weighted by molar-refractivity contribution is 6.22. The highest BCUT2D eigenvalue weighted by atomic mass is 19.4. The molecule has 0 N–H and O–H groups in total. The fraction of sp³-hybridized carbons (Fsp3) is 0.240. The van der Waals surface area contributed by atoms with Gasteiger partial charge in [0.15, 0.2) is 0 Å². The molecule has 1 fully saturated rings. The Balaban J connectivity index is 1.62. The van der Waals surface area contributed by atoms with Crippen molar-refractivity contribution in [1.82, 2.24) is 9.88 Å². The zero-order valence-electron chi connectivity index (χ0n) is 18.1. The molecule has 1 saturated heterocycles. The van der Waals surface area contributed by atoms with Gasteiger partial charge in [0.1, 0.15) is 11.2 Å². The van der Waals surface area contributed by atoms with Crippen molar-refractivity contribution in [2.75, 3.05) is 4.90 Å². The summed E-state index contributed by atoms with van der Waals surface area (Å²) in [5.74, 6) is -0.519. The number of nitrogens with zero attached hydrogens (tertiary/aromatic N) is 3. The highest BCUT2D eigenvalue weighted by Crippen LogP contribution is 2.35. The summed E-state index contributed by atoms with van der Waals surface area (Å²) in [7, 11) is 0. The van der Waals surface area contributed by atoms with Crippen molar-refractivity contribution in [1.29, 1.82) is 0 Å². The van der Waals surface area contributed by atoms with Crippen LogP contribution in [0.1, 0.15) is 36.2 Å². The quantitative estimate of drug-likeness (QED) is 0.484. The van der Waals surface area contributed by atoms with Gasteiger partial charge < -0.3 is 4.90 Å². The molecule has 0 aliphatic carbocycles. The first-order valence-electron chi connectivity index (χ1n) is 10.4. The Morgan fingerprint density at radius 2 is 1.52 bits per heavy atom.